The van der Waals surface area contributed by atoms with Crippen LogP contribution < -0.4 is 0 Å². The molecule has 5 rings (SSSR count). The molecule has 2 atom stereocenters. The molecule has 0 heterocycles. The molecule has 190 valence electrons. The molecular formula is C30H26F2O3S2. The molecule has 4 aromatic carbocycles. The van der Waals surface area contributed by atoms with Crippen LogP contribution in [0.2, 0.25) is 0 Å². The molecule has 37 heavy (non-hydrogen) atoms. The molecule has 4 aromatic rings. The summed E-state index contributed by atoms with van der Waals surface area (Å²) >= 11 is 0. The summed E-state index contributed by atoms with van der Waals surface area (Å²) in [4.78, 5) is 1.96. The topological polar surface area (TPSA) is 43.4 Å². The third-order valence-corrected chi connectivity index (χ3v) is 12.2. The first-order chi connectivity index (χ1) is 17.8. The summed E-state index contributed by atoms with van der Waals surface area (Å²) in [6.45, 7) is 1.30. The highest BCUT2D eigenvalue weighted by Gasteiger charge is 2.51. The predicted octanol–water partition coefficient (Wildman–Crippen LogP) is 8.05. The van der Waals surface area contributed by atoms with Crippen LogP contribution in [0, 0.1) is 5.92 Å². The first-order valence-corrected chi connectivity index (χ1v) is 14.9. The molecule has 0 saturated heterocycles. The van der Waals surface area contributed by atoms with E-state index in [0.29, 0.717) is 20.2 Å². The van der Waals surface area contributed by atoms with Crippen molar-refractivity contribution in [1.29, 1.82) is 0 Å². The molecule has 1 aliphatic rings. The lowest BCUT2D eigenvalue weighted by atomic mass is 9.84. The summed E-state index contributed by atoms with van der Waals surface area (Å²) in [6, 6.07) is 33.5. The van der Waals surface area contributed by atoms with Crippen LogP contribution in [0.5, 0.6) is 0 Å². The SMILES string of the molecule is CC(C1C=Cc2ccccc2C1(F)F)S(=O)(=O)OS(c1ccccc1)(c1ccccc1)c1ccccc1. The quantitative estimate of drug-likeness (QED) is 0.240. The highest BCUT2D eigenvalue weighted by molar-refractivity contribution is 8.33. The molecule has 3 nitrogen and oxygen atoms in total. The number of benzene rings is 4. The summed E-state index contributed by atoms with van der Waals surface area (Å²) in [5, 5.41) is -1.52. The standard InChI is InChI=1S/C30H26F2O3S2/c1-23(28-22-21-24-13-11-12-20-29(24)30(28,31)32)37(33,34)35-36(25-14-5-2-6-15-25,26-16-7-3-8-17-26)27-18-9-4-10-19-27/h2-23,28H,1H3. The lowest BCUT2D eigenvalue weighted by molar-refractivity contribution is -0.0488. The molecule has 0 bridgehead atoms. The summed E-state index contributed by atoms with van der Waals surface area (Å²) < 4.78 is 65.6. The molecule has 0 fully saturated rings. The lowest BCUT2D eigenvalue weighted by Crippen LogP contribution is -2.40. The third-order valence-electron chi connectivity index (χ3n) is 6.61. The Kier molecular flexibility index (Phi) is 6.79. The summed E-state index contributed by atoms with van der Waals surface area (Å²) in [5.41, 5.74) is 0.199. The zero-order chi connectivity index (χ0) is 26.1. The molecule has 7 heteroatoms. The Morgan fingerprint density at radius 2 is 1.14 bits per heavy atom. The Balaban J connectivity index is 1.65. The zero-order valence-corrected chi connectivity index (χ0v) is 21.7. The van der Waals surface area contributed by atoms with Crippen molar-refractivity contribution in [3.8, 4) is 0 Å². The van der Waals surface area contributed by atoms with E-state index in [-0.39, 0.29) is 5.56 Å². The number of allylic oxidation sites excluding steroid dienone is 1. The van der Waals surface area contributed by atoms with Crippen LogP contribution in [0.15, 0.2) is 136 Å². The van der Waals surface area contributed by atoms with Gasteiger partial charge in [0, 0.05) is 20.2 Å². The average Bonchev–Trinajstić information content (AvgIpc) is 2.93. The van der Waals surface area contributed by atoms with Crippen molar-refractivity contribution in [3.63, 3.8) is 0 Å². The molecule has 0 N–H and O–H groups in total. The Morgan fingerprint density at radius 1 is 0.703 bits per heavy atom. The van der Waals surface area contributed by atoms with Gasteiger partial charge < -0.3 is 0 Å². The van der Waals surface area contributed by atoms with Crippen LogP contribution >= 0.6 is 10.3 Å². The van der Waals surface area contributed by atoms with E-state index < -0.39 is 37.5 Å². The Labute approximate surface area is 218 Å². The minimum atomic E-state index is -4.53. The number of hydrogen-bond acceptors (Lipinski definition) is 3. The van der Waals surface area contributed by atoms with Gasteiger partial charge in [0.1, 0.15) is 0 Å². The first-order valence-electron chi connectivity index (χ1n) is 11.9. The molecule has 0 spiro atoms. The van der Waals surface area contributed by atoms with Gasteiger partial charge in [-0.1, -0.05) is 91.0 Å². The van der Waals surface area contributed by atoms with Crippen LogP contribution in [0.4, 0.5) is 8.78 Å². The second kappa shape index (κ2) is 9.89. The fourth-order valence-electron chi connectivity index (χ4n) is 4.65. The van der Waals surface area contributed by atoms with Crippen molar-refractivity contribution < 1.29 is 20.8 Å². The van der Waals surface area contributed by atoms with E-state index in [9.17, 15) is 8.42 Å². The number of halogens is 2. The molecule has 1 aliphatic carbocycles. The Bertz CT molecular complexity index is 1410. The highest BCUT2D eigenvalue weighted by atomic mass is 32.3. The van der Waals surface area contributed by atoms with Crippen LogP contribution in [0.1, 0.15) is 18.1 Å². The minimum Gasteiger partial charge on any atom is -0.206 e. The monoisotopic (exact) mass is 536 g/mol. The van der Waals surface area contributed by atoms with Crippen molar-refractivity contribution in [2.24, 2.45) is 5.92 Å². The number of alkyl halides is 2. The third kappa shape index (κ3) is 4.52. The Hall–Kier alpha value is -3.26. The van der Waals surface area contributed by atoms with Gasteiger partial charge in [-0.25, -0.2) is 12.4 Å². The molecule has 0 radical (unpaired) electrons. The largest absolute Gasteiger partial charge is 0.281 e. The van der Waals surface area contributed by atoms with E-state index in [2.05, 4.69) is 0 Å². The van der Waals surface area contributed by atoms with Crippen molar-refractivity contribution in [2.75, 3.05) is 0 Å². The van der Waals surface area contributed by atoms with Crippen molar-refractivity contribution in [1.82, 2.24) is 0 Å². The van der Waals surface area contributed by atoms with Gasteiger partial charge in [0.05, 0.1) is 11.2 Å². The number of fused-ring (bicyclic) bond motifs is 1. The maximum absolute atomic E-state index is 15.7. The van der Waals surface area contributed by atoms with Crippen molar-refractivity contribution >= 4 is 26.5 Å². The zero-order valence-electron chi connectivity index (χ0n) is 20.1. The van der Waals surface area contributed by atoms with Gasteiger partial charge in [0.2, 0.25) is 0 Å². The molecule has 0 saturated carbocycles. The summed E-state index contributed by atoms with van der Waals surface area (Å²) in [6.07, 6.45) is 2.85. The fourth-order valence-corrected chi connectivity index (χ4v) is 10.3. The van der Waals surface area contributed by atoms with E-state index in [1.807, 2.05) is 91.0 Å². The van der Waals surface area contributed by atoms with E-state index in [0.717, 1.165) is 0 Å². The maximum Gasteiger partial charge on any atom is 0.281 e. The van der Waals surface area contributed by atoms with Gasteiger partial charge in [-0.3, -0.25) is 0 Å². The van der Waals surface area contributed by atoms with Gasteiger partial charge in [-0.05, 0) is 59.2 Å². The second-order valence-corrected chi connectivity index (χ2v) is 13.7. The molecular weight excluding hydrogens is 510 g/mol. The summed E-state index contributed by atoms with van der Waals surface area (Å²) in [7, 11) is -7.36. The number of rotatable bonds is 7. The summed E-state index contributed by atoms with van der Waals surface area (Å²) in [5.74, 6) is -4.97. The van der Waals surface area contributed by atoms with Crippen molar-refractivity contribution in [2.45, 2.75) is 32.8 Å². The van der Waals surface area contributed by atoms with Gasteiger partial charge in [0.25, 0.3) is 16.0 Å². The molecule has 2 unspecified atom stereocenters. The Morgan fingerprint density at radius 3 is 1.62 bits per heavy atom. The van der Waals surface area contributed by atoms with Crippen LogP contribution in [0.3, 0.4) is 0 Å². The van der Waals surface area contributed by atoms with Crippen molar-refractivity contribution in [3.05, 3.63) is 132 Å². The highest BCUT2D eigenvalue weighted by Crippen LogP contribution is 2.70. The van der Waals surface area contributed by atoms with Crippen LogP contribution in [-0.2, 0) is 19.7 Å². The van der Waals surface area contributed by atoms with Crippen LogP contribution in [-0.4, -0.2) is 13.7 Å². The van der Waals surface area contributed by atoms with Gasteiger partial charge in [0.15, 0.2) is 0 Å². The van der Waals surface area contributed by atoms with E-state index >= 15 is 8.78 Å². The van der Waals surface area contributed by atoms with Crippen LogP contribution in [0.25, 0.3) is 6.08 Å². The van der Waals surface area contributed by atoms with E-state index in [1.54, 1.807) is 18.2 Å². The second-order valence-electron chi connectivity index (χ2n) is 8.86. The lowest BCUT2D eigenvalue weighted by Gasteiger charge is -2.41. The smallest absolute Gasteiger partial charge is 0.206 e. The van der Waals surface area contributed by atoms with Gasteiger partial charge in [-0.15, -0.1) is 0 Å². The molecule has 0 aromatic heterocycles. The number of hydrogen-bond donors (Lipinski definition) is 0. The van der Waals surface area contributed by atoms with Gasteiger partial charge in [-0.2, -0.15) is 8.42 Å². The molecule has 0 aliphatic heterocycles. The fraction of sp³-hybridized carbons (Fsp3) is 0.133. The average molecular weight is 537 g/mol. The maximum atomic E-state index is 15.7. The molecule has 0 amide bonds. The van der Waals surface area contributed by atoms with E-state index in [4.69, 9.17) is 3.63 Å². The first kappa shape index (κ1) is 25.4. The minimum absolute atomic E-state index is 0.183. The predicted molar refractivity (Wildman–Crippen MR) is 144 cm³/mol. The normalized spacial score (nSPS) is 18.1. The van der Waals surface area contributed by atoms with E-state index in [1.165, 1.54) is 25.1 Å². The van der Waals surface area contributed by atoms with Gasteiger partial charge >= 0.3 is 0 Å².